The molecule has 5 nitrogen and oxygen atoms in total. The first-order valence-electron chi connectivity index (χ1n) is 5.93. The van der Waals surface area contributed by atoms with Crippen molar-refractivity contribution in [1.29, 1.82) is 0 Å². The molecule has 21 heavy (non-hydrogen) atoms. The summed E-state index contributed by atoms with van der Waals surface area (Å²) in [5.74, 6) is -1.31. The summed E-state index contributed by atoms with van der Waals surface area (Å²) in [6.07, 6.45) is 1.49. The maximum absolute atomic E-state index is 11.9. The van der Waals surface area contributed by atoms with Crippen LogP contribution in [-0.4, -0.2) is 27.7 Å². The van der Waals surface area contributed by atoms with Crippen LogP contribution in [0.1, 0.15) is 10.4 Å². The Hall–Kier alpha value is -2.05. The van der Waals surface area contributed by atoms with Crippen LogP contribution in [0.5, 0.6) is 0 Å². The SMILES string of the molecule is O=C(CSc1ncccc1C(=O)O)Nc1ccccc1Cl. The van der Waals surface area contributed by atoms with Gasteiger partial charge in [0.15, 0.2) is 0 Å². The number of aromatic carboxylic acids is 1. The van der Waals surface area contributed by atoms with E-state index in [1.54, 1.807) is 24.3 Å². The third-order valence-electron chi connectivity index (χ3n) is 2.49. The van der Waals surface area contributed by atoms with Crippen molar-refractivity contribution in [2.24, 2.45) is 0 Å². The maximum atomic E-state index is 11.9. The van der Waals surface area contributed by atoms with Gasteiger partial charge in [-0.2, -0.15) is 0 Å². The summed E-state index contributed by atoms with van der Waals surface area (Å²) in [5, 5.41) is 12.4. The number of amides is 1. The van der Waals surface area contributed by atoms with E-state index in [1.807, 2.05) is 0 Å². The number of thioether (sulfide) groups is 1. The molecule has 1 aromatic heterocycles. The number of hydrogen-bond donors (Lipinski definition) is 2. The molecule has 0 saturated heterocycles. The van der Waals surface area contributed by atoms with Crippen LogP contribution in [0.4, 0.5) is 5.69 Å². The fourth-order valence-corrected chi connectivity index (χ4v) is 2.52. The number of carboxylic acid groups (broad SMARTS) is 1. The van der Waals surface area contributed by atoms with Crippen LogP contribution in [0.2, 0.25) is 5.02 Å². The first-order chi connectivity index (χ1) is 10.1. The number of nitrogens with zero attached hydrogens (tertiary/aromatic N) is 1. The van der Waals surface area contributed by atoms with Crippen molar-refractivity contribution >= 4 is 40.9 Å². The van der Waals surface area contributed by atoms with E-state index in [0.29, 0.717) is 15.7 Å². The van der Waals surface area contributed by atoms with E-state index in [1.165, 1.54) is 18.3 Å². The molecule has 1 amide bonds. The molecule has 0 aliphatic carbocycles. The summed E-state index contributed by atoms with van der Waals surface area (Å²) in [4.78, 5) is 26.9. The van der Waals surface area contributed by atoms with Crippen molar-refractivity contribution in [2.75, 3.05) is 11.1 Å². The van der Waals surface area contributed by atoms with Gasteiger partial charge in [0.05, 0.1) is 22.0 Å². The Kier molecular flexibility index (Phi) is 5.19. The number of pyridine rings is 1. The van der Waals surface area contributed by atoms with Crippen molar-refractivity contribution in [1.82, 2.24) is 4.98 Å². The molecule has 7 heteroatoms. The van der Waals surface area contributed by atoms with Crippen molar-refractivity contribution in [3.63, 3.8) is 0 Å². The minimum absolute atomic E-state index is 0.0442. The predicted octanol–water partition coefficient (Wildman–Crippen LogP) is 3.16. The van der Waals surface area contributed by atoms with E-state index < -0.39 is 5.97 Å². The van der Waals surface area contributed by atoms with Crippen LogP contribution >= 0.6 is 23.4 Å². The molecule has 2 N–H and O–H groups in total. The summed E-state index contributed by atoms with van der Waals surface area (Å²) < 4.78 is 0. The van der Waals surface area contributed by atoms with E-state index in [2.05, 4.69) is 10.3 Å². The van der Waals surface area contributed by atoms with Crippen LogP contribution in [0, 0.1) is 0 Å². The first kappa shape index (κ1) is 15.3. The minimum atomic E-state index is -1.07. The maximum Gasteiger partial charge on any atom is 0.338 e. The smallest absolute Gasteiger partial charge is 0.338 e. The highest BCUT2D eigenvalue weighted by atomic mass is 35.5. The van der Waals surface area contributed by atoms with Gasteiger partial charge < -0.3 is 10.4 Å². The molecule has 0 fully saturated rings. The number of benzene rings is 1. The van der Waals surface area contributed by atoms with E-state index in [9.17, 15) is 9.59 Å². The van der Waals surface area contributed by atoms with Crippen LogP contribution < -0.4 is 5.32 Å². The molecule has 0 radical (unpaired) electrons. The topological polar surface area (TPSA) is 79.3 Å². The number of carboxylic acids is 1. The van der Waals surface area contributed by atoms with E-state index >= 15 is 0 Å². The molecule has 0 bridgehead atoms. The Labute approximate surface area is 130 Å². The normalized spacial score (nSPS) is 10.1. The minimum Gasteiger partial charge on any atom is -0.478 e. The van der Waals surface area contributed by atoms with Gasteiger partial charge in [0.2, 0.25) is 5.91 Å². The summed E-state index contributed by atoms with van der Waals surface area (Å²) in [7, 11) is 0. The molecule has 0 saturated carbocycles. The van der Waals surface area contributed by atoms with Gasteiger partial charge in [-0.05, 0) is 24.3 Å². The molecule has 0 aliphatic heterocycles. The van der Waals surface area contributed by atoms with Gasteiger partial charge in [-0.1, -0.05) is 35.5 Å². The molecule has 0 aliphatic rings. The third kappa shape index (κ3) is 4.21. The highest BCUT2D eigenvalue weighted by Gasteiger charge is 2.13. The van der Waals surface area contributed by atoms with Gasteiger partial charge >= 0.3 is 5.97 Å². The highest BCUT2D eigenvalue weighted by molar-refractivity contribution is 8.00. The van der Waals surface area contributed by atoms with Gasteiger partial charge in [0, 0.05) is 6.20 Å². The average Bonchev–Trinajstić information content (AvgIpc) is 2.48. The van der Waals surface area contributed by atoms with Crippen LogP contribution in [0.15, 0.2) is 47.6 Å². The quantitative estimate of drug-likeness (QED) is 0.827. The van der Waals surface area contributed by atoms with Gasteiger partial charge in [0.25, 0.3) is 0 Å². The van der Waals surface area contributed by atoms with Gasteiger partial charge in [-0.15, -0.1) is 0 Å². The highest BCUT2D eigenvalue weighted by Crippen LogP contribution is 2.23. The molecule has 108 valence electrons. The Morgan fingerprint density at radius 1 is 1.24 bits per heavy atom. The number of nitrogens with one attached hydrogen (secondary N) is 1. The number of para-hydroxylation sites is 1. The first-order valence-corrected chi connectivity index (χ1v) is 7.30. The Morgan fingerprint density at radius 2 is 2.00 bits per heavy atom. The van der Waals surface area contributed by atoms with Crippen LogP contribution in [0.3, 0.4) is 0 Å². The summed E-state index contributed by atoms with van der Waals surface area (Å²) in [5.41, 5.74) is 0.595. The van der Waals surface area contributed by atoms with E-state index in [4.69, 9.17) is 16.7 Å². The number of carbonyl (C=O) groups is 2. The zero-order valence-electron chi connectivity index (χ0n) is 10.7. The lowest BCUT2D eigenvalue weighted by molar-refractivity contribution is -0.113. The van der Waals surface area contributed by atoms with Crippen molar-refractivity contribution in [3.8, 4) is 0 Å². The van der Waals surface area contributed by atoms with Crippen LogP contribution in [0.25, 0.3) is 0 Å². The molecule has 2 rings (SSSR count). The Morgan fingerprint density at radius 3 is 2.71 bits per heavy atom. The Balaban J connectivity index is 1.99. The second-order valence-electron chi connectivity index (χ2n) is 3.98. The molecule has 1 aromatic carbocycles. The zero-order chi connectivity index (χ0) is 15.2. The fourth-order valence-electron chi connectivity index (χ4n) is 1.55. The number of anilines is 1. The average molecular weight is 323 g/mol. The lowest BCUT2D eigenvalue weighted by Crippen LogP contribution is -2.14. The van der Waals surface area contributed by atoms with Crippen molar-refractivity contribution in [2.45, 2.75) is 5.03 Å². The molecular formula is C14H11ClN2O3S. The molecule has 0 atom stereocenters. The van der Waals surface area contributed by atoms with Crippen molar-refractivity contribution < 1.29 is 14.7 Å². The predicted molar refractivity (Wildman–Crippen MR) is 82.0 cm³/mol. The monoisotopic (exact) mass is 322 g/mol. The van der Waals surface area contributed by atoms with Crippen LogP contribution in [-0.2, 0) is 4.79 Å². The van der Waals surface area contributed by atoms with Crippen molar-refractivity contribution in [3.05, 3.63) is 53.2 Å². The van der Waals surface area contributed by atoms with E-state index in [-0.39, 0.29) is 17.2 Å². The largest absolute Gasteiger partial charge is 0.478 e. The summed E-state index contributed by atoms with van der Waals surface area (Å²) >= 11 is 7.00. The number of aromatic nitrogens is 1. The fraction of sp³-hybridized carbons (Fsp3) is 0.0714. The molecule has 0 unspecified atom stereocenters. The molecular weight excluding hydrogens is 312 g/mol. The third-order valence-corrected chi connectivity index (χ3v) is 3.82. The number of halogens is 1. The summed E-state index contributed by atoms with van der Waals surface area (Å²) in [6, 6.07) is 9.87. The molecule has 1 heterocycles. The Bertz CT molecular complexity index is 679. The summed E-state index contributed by atoms with van der Waals surface area (Å²) in [6.45, 7) is 0. The van der Waals surface area contributed by atoms with Gasteiger partial charge in [-0.3, -0.25) is 4.79 Å². The van der Waals surface area contributed by atoms with Gasteiger partial charge in [-0.25, -0.2) is 9.78 Å². The number of hydrogen-bond acceptors (Lipinski definition) is 4. The number of rotatable bonds is 5. The number of carbonyl (C=O) groups excluding carboxylic acids is 1. The zero-order valence-corrected chi connectivity index (χ0v) is 12.3. The second kappa shape index (κ2) is 7.10. The molecule has 0 spiro atoms. The standard InChI is InChI=1S/C14H11ClN2O3S/c15-10-5-1-2-6-11(10)17-12(18)8-21-13-9(14(19)20)4-3-7-16-13/h1-7H,8H2,(H,17,18)(H,19,20). The second-order valence-corrected chi connectivity index (χ2v) is 5.35. The van der Waals surface area contributed by atoms with E-state index in [0.717, 1.165) is 11.8 Å². The van der Waals surface area contributed by atoms with Gasteiger partial charge in [0.1, 0.15) is 5.03 Å². The lowest BCUT2D eigenvalue weighted by Gasteiger charge is -2.07. The molecule has 2 aromatic rings. The lowest BCUT2D eigenvalue weighted by atomic mass is 10.3.